The van der Waals surface area contributed by atoms with Crippen molar-refractivity contribution in [2.75, 3.05) is 4.90 Å². The molecule has 0 bridgehead atoms. The highest BCUT2D eigenvalue weighted by molar-refractivity contribution is 7.26. The number of anilines is 3. The molecule has 0 radical (unpaired) electrons. The Hall–Kier alpha value is -7.40. The van der Waals surface area contributed by atoms with Crippen LogP contribution in [0.4, 0.5) is 17.1 Å². The highest BCUT2D eigenvalue weighted by Crippen LogP contribution is 2.47. The largest absolute Gasteiger partial charge is 0.310 e. The first kappa shape index (κ1) is 32.8. The third kappa shape index (κ3) is 4.99. The van der Waals surface area contributed by atoms with Gasteiger partial charge < -0.3 is 14.0 Å². The van der Waals surface area contributed by atoms with Gasteiger partial charge in [0.25, 0.3) is 0 Å². The molecule has 272 valence electrons. The summed E-state index contributed by atoms with van der Waals surface area (Å²) in [5.74, 6) is 0. The summed E-state index contributed by atoms with van der Waals surface area (Å²) in [4.78, 5) is 2.44. The Morgan fingerprint density at radius 3 is 1.28 bits per heavy atom. The Morgan fingerprint density at radius 1 is 0.345 bits per heavy atom. The normalized spacial score (nSPS) is 11.8. The number of hydrogen-bond donors (Lipinski definition) is 0. The number of rotatable bonds is 6. The lowest BCUT2D eigenvalue weighted by Crippen LogP contribution is -2.10. The number of para-hydroxylation sites is 4. The number of thiophene rings is 1. The zero-order valence-electron chi connectivity index (χ0n) is 31.5. The van der Waals surface area contributed by atoms with Crippen LogP contribution in [0.3, 0.4) is 0 Å². The van der Waals surface area contributed by atoms with E-state index in [1.54, 1.807) is 0 Å². The molecule has 3 aromatic heterocycles. The van der Waals surface area contributed by atoms with E-state index >= 15 is 0 Å². The first-order valence-corrected chi connectivity index (χ1v) is 20.6. The Bertz CT molecular complexity index is 3230. The first-order chi connectivity index (χ1) is 28.8. The molecular weight excluding hydrogens is 723 g/mol. The van der Waals surface area contributed by atoms with E-state index in [0.717, 1.165) is 28.4 Å². The van der Waals surface area contributed by atoms with E-state index in [2.05, 4.69) is 226 Å². The van der Waals surface area contributed by atoms with Crippen LogP contribution in [0, 0.1) is 0 Å². The molecule has 3 heterocycles. The number of benzene rings is 9. The molecule has 0 unspecified atom stereocenters. The second-order valence-electron chi connectivity index (χ2n) is 14.9. The molecule has 0 saturated carbocycles. The van der Waals surface area contributed by atoms with Crippen molar-refractivity contribution in [2.45, 2.75) is 0 Å². The van der Waals surface area contributed by atoms with Gasteiger partial charge in [-0.15, -0.1) is 11.3 Å². The van der Waals surface area contributed by atoms with Gasteiger partial charge in [0.1, 0.15) is 0 Å². The molecule has 12 aromatic rings. The summed E-state index contributed by atoms with van der Waals surface area (Å²) in [5.41, 5.74) is 12.9. The molecule has 0 aliphatic rings. The predicted molar refractivity (Wildman–Crippen MR) is 248 cm³/mol. The van der Waals surface area contributed by atoms with Crippen LogP contribution in [0.15, 0.2) is 212 Å². The summed E-state index contributed by atoms with van der Waals surface area (Å²) >= 11 is 1.88. The topological polar surface area (TPSA) is 13.1 Å². The molecule has 3 nitrogen and oxygen atoms in total. The SMILES string of the molecule is c1ccc(-c2cccc3c2sc2cccc(N(c4ccc(-n5c6ccccc6c6ccccc65)cc4)c4ccc(-n5c6ccccc6c6ccccc65)cc4)c23)cc1. The minimum atomic E-state index is 1.10. The maximum absolute atomic E-state index is 2.44. The molecule has 0 N–H and O–H groups in total. The lowest BCUT2D eigenvalue weighted by atomic mass is 10.0. The van der Waals surface area contributed by atoms with Gasteiger partial charge in [0.15, 0.2) is 0 Å². The molecule has 0 fully saturated rings. The summed E-state index contributed by atoms with van der Waals surface area (Å²) in [6, 6.07) is 77.3. The van der Waals surface area contributed by atoms with E-state index in [-0.39, 0.29) is 0 Å². The van der Waals surface area contributed by atoms with Crippen molar-refractivity contribution in [3.05, 3.63) is 212 Å². The van der Waals surface area contributed by atoms with Gasteiger partial charge in [-0.1, -0.05) is 127 Å². The fraction of sp³-hybridized carbons (Fsp3) is 0. The smallest absolute Gasteiger partial charge is 0.0554 e. The van der Waals surface area contributed by atoms with E-state index in [4.69, 9.17) is 0 Å². The van der Waals surface area contributed by atoms with Gasteiger partial charge in [-0.25, -0.2) is 0 Å². The second kappa shape index (κ2) is 13.1. The van der Waals surface area contributed by atoms with E-state index < -0.39 is 0 Å². The Kier molecular flexibility index (Phi) is 7.40. The van der Waals surface area contributed by atoms with Gasteiger partial charge in [0.05, 0.1) is 27.8 Å². The fourth-order valence-electron chi connectivity index (χ4n) is 9.19. The van der Waals surface area contributed by atoms with Crippen LogP contribution in [0.25, 0.3) is 86.3 Å². The van der Waals surface area contributed by atoms with Crippen LogP contribution < -0.4 is 4.90 Å². The van der Waals surface area contributed by atoms with Gasteiger partial charge in [-0.2, -0.15) is 0 Å². The highest BCUT2D eigenvalue weighted by Gasteiger charge is 2.21. The van der Waals surface area contributed by atoms with Gasteiger partial charge in [-0.3, -0.25) is 0 Å². The van der Waals surface area contributed by atoms with Crippen molar-refractivity contribution < 1.29 is 0 Å². The quantitative estimate of drug-likeness (QED) is 0.165. The van der Waals surface area contributed by atoms with Crippen molar-refractivity contribution in [2.24, 2.45) is 0 Å². The molecule has 4 heteroatoms. The van der Waals surface area contributed by atoms with Crippen molar-refractivity contribution in [1.29, 1.82) is 0 Å². The minimum absolute atomic E-state index is 1.10. The standard InChI is InChI=1S/C54H35N3S/c1-2-14-36(15-3-1)41-20-12-21-46-53-51(26-13-27-52(53)58-54(41)46)55(37-28-32-39(33-29-37)56-47-22-8-4-16-42(47)43-17-5-9-23-48(43)56)38-30-34-40(35-31-38)57-49-24-10-6-18-44(49)45-19-7-11-25-50(45)57/h1-35H. The highest BCUT2D eigenvalue weighted by atomic mass is 32.1. The second-order valence-corrected chi connectivity index (χ2v) is 16.0. The van der Waals surface area contributed by atoms with Gasteiger partial charge in [-0.05, 0) is 96.1 Å². The molecule has 12 rings (SSSR count). The zero-order valence-corrected chi connectivity index (χ0v) is 32.3. The molecule has 58 heavy (non-hydrogen) atoms. The number of aromatic nitrogens is 2. The molecule has 9 aromatic carbocycles. The zero-order chi connectivity index (χ0) is 38.2. The van der Waals surface area contributed by atoms with E-state index in [1.807, 2.05) is 11.3 Å². The Morgan fingerprint density at radius 2 is 0.776 bits per heavy atom. The average molecular weight is 758 g/mol. The summed E-state index contributed by atoms with van der Waals surface area (Å²) < 4.78 is 7.35. The summed E-state index contributed by atoms with van der Waals surface area (Å²) in [6.45, 7) is 0. The van der Waals surface area contributed by atoms with Crippen molar-refractivity contribution in [1.82, 2.24) is 9.13 Å². The number of nitrogens with zero attached hydrogens (tertiary/aromatic N) is 3. The molecule has 0 saturated heterocycles. The molecule has 0 aliphatic carbocycles. The van der Waals surface area contributed by atoms with Crippen molar-refractivity contribution in [3.63, 3.8) is 0 Å². The van der Waals surface area contributed by atoms with Crippen LogP contribution in [0.1, 0.15) is 0 Å². The van der Waals surface area contributed by atoms with E-state index in [9.17, 15) is 0 Å². The van der Waals surface area contributed by atoms with Gasteiger partial charge in [0, 0.05) is 64.5 Å². The van der Waals surface area contributed by atoms with Gasteiger partial charge in [0.2, 0.25) is 0 Å². The Labute approximate surface area is 339 Å². The van der Waals surface area contributed by atoms with Crippen LogP contribution in [0.2, 0.25) is 0 Å². The lowest BCUT2D eigenvalue weighted by Gasteiger charge is -2.27. The summed E-state index contributed by atoms with van der Waals surface area (Å²) in [6.07, 6.45) is 0. The van der Waals surface area contributed by atoms with E-state index in [1.165, 1.54) is 74.9 Å². The summed E-state index contributed by atoms with van der Waals surface area (Å²) in [7, 11) is 0. The molecule has 0 aliphatic heterocycles. The molecule has 0 atom stereocenters. The van der Waals surface area contributed by atoms with Gasteiger partial charge >= 0.3 is 0 Å². The monoisotopic (exact) mass is 757 g/mol. The lowest BCUT2D eigenvalue weighted by molar-refractivity contribution is 1.17. The first-order valence-electron chi connectivity index (χ1n) is 19.8. The fourth-order valence-corrected chi connectivity index (χ4v) is 10.4. The predicted octanol–water partition coefficient (Wildman–Crippen LogP) is 15.4. The molecule has 0 spiro atoms. The van der Waals surface area contributed by atoms with Crippen molar-refractivity contribution in [3.8, 4) is 22.5 Å². The molecular formula is C54H35N3S. The number of fused-ring (bicyclic) bond motifs is 9. The van der Waals surface area contributed by atoms with Crippen molar-refractivity contribution >= 4 is 92.2 Å². The van der Waals surface area contributed by atoms with Crippen LogP contribution >= 0.6 is 11.3 Å². The summed E-state index contributed by atoms with van der Waals surface area (Å²) in [5, 5.41) is 7.58. The third-order valence-electron chi connectivity index (χ3n) is 11.7. The third-order valence-corrected chi connectivity index (χ3v) is 12.9. The minimum Gasteiger partial charge on any atom is -0.310 e. The average Bonchev–Trinajstić information content (AvgIpc) is 3.96. The number of hydrogen-bond acceptors (Lipinski definition) is 2. The maximum atomic E-state index is 2.44. The van der Waals surface area contributed by atoms with Crippen LogP contribution in [0.5, 0.6) is 0 Å². The Balaban J connectivity index is 1.06. The molecule has 0 amide bonds. The van der Waals surface area contributed by atoms with Crippen LogP contribution in [-0.2, 0) is 0 Å². The van der Waals surface area contributed by atoms with E-state index in [0.29, 0.717) is 0 Å². The maximum Gasteiger partial charge on any atom is 0.0554 e. The van der Waals surface area contributed by atoms with Crippen LogP contribution in [-0.4, -0.2) is 9.13 Å².